The number of hydrogen-bond donors (Lipinski definition) is 2. The molecule has 0 saturated carbocycles. The largest absolute Gasteiger partial charge is 0.361 e. The molecule has 0 saturated heterocycles. The van der Waals surface area contributed by atoms with Crippen molar-refractivity contribution >= 4 is 0 Å². The Bertz CT molecular complexity index is 486. The molecule has 0 aliphatic heterocycles. The predicted molar refractivity (Wildman–Crippen MR) is 76.0 cm³/mol. The standard InChI is InChI=1S/C16H22O4/c1-14(2)10-11-15(19-3,20-4)16(17,18)13(14)12-8-6-5-7-9-12/h5-11,13,17-18H,1-4H3. The lowest BCUT2D eigenvalue weighted by atomic mass is 9.64. The minimum atomic E-state index is -2.18. The summed E-state index contributed by atoms with van der Waals surface area (Å²) >= 11 is 0. The lowest BCUT2D eigenvalue weighted by Gasteiger charge is -2.51. The Labute approximate surface area is 119 Å². The summed E-state index contributed by atoms with van der Waals surface area (Å²) in [5.41, 5.74) is 0.371. The molecule has 1 aromatic carbocycles. The van der Waals surface area contributed by atoms with E-state index in [2.05, 4.69) is 0 Å². The fraction of sp³-hybridized carbons (Fsp3) is 0.500. The quantitative estimate of drug-likeness (QED) is 0.656. The van der Waals surface area contributed by atoms with Crippen molar-refractivity contribution in [3.05, 3.63) is 48.0 Å². The van der Waals surface area contributed by atoms with Gasteiger partial charge in [-0.3, -0.25) is 0 Å². The molecule has 0 bridgehead atoms. The highest BCUT2D eigenvalue weighted by Crippen LogP contribution is 2.52. The first kappa shape index (κ1) is 15.2. The van der Waals surface area contributed by atoms with Gasteiger partial charge in [0.1, 0.15) is 0 Å². The molecule has 1 aliphatic carbocycles. The zero-order valence-corrected chi connectivity index (χ0v) is 12.3. The van der Waals surface area contributed by atoms with Crippen molar-refractivity contribution in [2.45, 2.75) is 31.3 Å². The lowest BCUT2D eigenvalue weighted by molar-refractivity contribution is -0.369. The molecular weight excluding hydrogens is 256 g/mol. The number of aliphatic hydroxyl groups is 2. The average molecular weight is 278 g/mol. The smallest absolute Gasteiger partial charge is 0.243 e. The van der Waals surface area contributed by atoms with E-state index < -0.39 is 22.9 Å². The van der Waals surface area contributed by atoms with Gasteiger partial charge in [-0.05, 0) is 17.1 Å². The Morgan fingerprint density at radius 1 is 0.950 bits per heavy atom. The third-order valence-corrected chi connectivity index (χ3v) is 4.13. The SMILES string of the molecule is COC1(OC)C=CC(C)(C)C(c2ccccc2)C1(O)O. The van der Waals surface area contributed by atoms with Crippen molar-refractivity contribution in [3.8, 4) is 0 Å². The van der Waals surface area contributed by atoms with Gasteiger partial charge in [0, 0.05) is 14.2 Å². The maximum absolute atomic E-state index is 10.8. The number of ether oxygens (including phenoxy) is 2. The van der Waals surface area contributed by atoms with E-state index in [1.54, 1.807) is 6.08 Å². The molecule has 1 unspecified atom stereocenters. The first-order chi connectivity index (χ1) is 9.31. The Morgan fingerprint density at radius 2 is 1.50 bits per heavy atom. The predicted octanol–water partition coefficient (Wildman–Crippen LogP) is 2.04. The molecule has 2 rings (SSSR count). The van der Waals surface area contributed by atoms with Crippen molar-refractivity contribution in [1.29, 1.82) is 0 Å². The third kappa shape index (κ3) is 2.09. The first-order valence-corrected chi connectivity index (χ1v) is 6.61. The molecule has 4 nitrogen and oxygen atoms in total. The van der Waals surface area contributed by atoms with E-state index in [-0.39, 0.29) is 0 Å². The minimum absolute atomic E-state index is 0.453. The minimum Gasteiger partial charge on any atom is -0.361 e. The van der Waals surface area contributed by atoms with Gasteiger partial charge in [0.25, 0.3) is 0 Å². The first-order valence-electron chi connectivity index (χ1n) is 6.61. The van der Waals surface area contributed by atoms with E-state index in [1.807, 2.05) is 50.3 Å². The van der Waals surface area contributed by atoms with Crippen LogP contribution in [0.1, 0.15) is 25.3 Å². The van der Waals surface area contributed by atoms with Gasteiger partial charge in [-0.15, -0.1) is 0 Å². The highest BCUT2D eigenvalue weighted by atomic mass is 16.7. The summed E-state index contributed by atoms with van der Waals surface area (Å²) in [4.78, 5) is 0. The van der Waals surface area contributed by atoms with Crippen molar-refractivity contribution in [2.24, 2.45) is 5.41 Å². The maximum Gasteiger partial charge on any atom is 0.243 e. The zero-order valence-electron chi connectivity index (χ0n) is 12.3. The van der Waals surface area contributed by atoms with Gasteiger partial charge >= 0.3 is 0 Å². The van der Waals surface area contributed by atoms with Gasteiger partial charge in [0.2, 0.25) is 11.6 Å². The second-order valence-electron chi connectivity index (χ2n) is 5.80. The summed E-state index contributed by atoms with van der Waals surface area (Å²) in [6.07, 6.45) is 3.48. The summed E-state index contributed by atoms with van der Waals surface area (Å²) in [7, 11) is 2.80. The molecule has 1 aliphatic rings. The fourth-order valence-electron chi connectivity index (χ4n) is 3.09. The van der Waals surface area contributed by atoms with E-state index >= 15 is 0 Å². The van der Waals surface area contributed by atoms with Gasteiger partial charge in [-0.25, -0.2) is 0 Å². The average Bonchev–Trinajstić information content (AvgIpc) is 2.39. The van der Waals surface area contributed by atoms with Gasteiger partial charge < -0.3 is 19.7 Å². The lowest BCUT2D eigenvalue weighted by Crippen LogP contribution is -2.63. The highest BCUT2D eigenvalue weighted by molar-refractivity contribution is 5.32. The normalized spacial score (nSPS) is 26.4. The van der Waals surface area contributed by atoms with Crippen molar-refractivity contribution < 1.29 is 19.7 Å². The molecule has 0 fully saturated rings. The van der Waals surface area contributed by atoms with Crippen LogP contribution in [-0.4, -0.2) is 36.0 Å². The van der Waals surface area contributed by atoms with Crippen molar-refractivity contribution in [3.63, 3.8) is 0 Å². The van der Waals surface area contributed by atoms with Crippen LogP contribution in [0.3, 0.4) is 0 Å². The van der Waals surface area contributed by atoms with Crippen molar-refractivity contribution in [1.82, 2.24) is 0 Å². The molecule has 0 heterocycles. The topological polar surface area (TPSA) is 58.9 Å². The zero-order chi connectivity index (χ0) is 15.0. The molecule has 20 heavy (non-hydrogen) atoms. The number of hydrogen-bond acceptors (Lipinski definition) is 4. The molecule has 0 spiro atoms. The van der Waals surface area contributed by atoms with Crippen LogP contribution in [0.15, 0.2) is 42.5 Å². The highest BCUT2D eigenvalue weighted by Gasteiger charge is 2.61. The number of rotatable bonds is 3. The Kier molecular flexibility index (Phi) is 3.77. The molecule has 1 aromatic rings. The van der Waals surface area contributed by atoms with Crippen LogP contribution in [0.2, 0.25) is 0 Å². The van der Waals surface area contributed by atoms with Crippen LogP contribution >= 0.6 is 0 Å². The second-order valence-corrected chi connectivity index (χ2v) is 5.80. The molecule has 0 aromatic heterocycles. The van der Waals surface area contributed by atoms with E-state index in [9.17, 15) is 10.2 Å². The Balaban J connectivity index is 2.62. The number of allylic oxidation sites excluding steroid dienone is 1. The Morgan fingerprint density at radius 3 is 2.00 bits per heavy atom. The molecule has 2 N–H and O–H groups in total. The summed E-state index contributed by atoms with van der Waals surface area (Å²) < 4.78 is 10.6. The molecule has 0 amide bonds. The van der Waals surface area contributed by atoms with Crippen LogP contribution in [0, 0.1) is 5.41 Å². The number of benzene rings is 1. The van der Waals surface area contributed by atoms with Gasteiger partial charge in [-0.1, -0.05) is 50.3 Å². The second kappa shape index (κ2) is 4.97. The van der Waals surface area contributed by atoms with E-state index in [0.717, 1.165) is 5.56 Å². The molecule has 4 heteroatoms. The fourth-order valence-corrected chi connectivity index (χ4v) is 3.09. The van der Waals surface area contributed by atoms with Crippen molar-refractivity contribution in [2.75, 3.05) is 14.2 Å². The van der Waals surface area contributed by atoms with Crippen LogP contribution in [0.4, 0.5) is 0 Å². The van der Waals surface area contributed by atoms with Crippen LogP contribution in [0.25, 0.3) is 0 Å². The van der Waals surface area contributed by atoms with Crippen LogP contribution in [0.5, 0.6) is 0 Å². The summed E-state index contributed by atoms with van der Waals surface area (Å²) in [6.45, 7) is 3.91. The summed E-state index contributed by atoms with van der Waals surface area (Å²) in [6, 6.07) is 9.40. The molecule has 1 atom stereocenters. The van der Waals surface area contributed by atoms with E-state index in [4.69, 9.17) is 9.47 Å². The van der Waals surface area contributed by atoms with Crippen LogP contribution in [-0.2, 0) is 9.47 Å². The van der Waals surface area contributed by atoms with Crippen LogP contribution < -0.4 is 0 Å². The van der Waals surface area contributed by atoms with Gasteiger partial charge in [0.15, 0.2) is 0 Å². The maximum atomic E-state index is 10.8. The molecule has 0 radical (unpaired) electrons. The molecule has 110 valence electrons. The van der Waals surface area contributed by atoms with E-state index in [0.29, 0.717) is 0 Å². The Hall–Kier alpha value is -1.20. The van der Waals surface area contributed by atoms with Gasteiger partial charge in [0.05, 0.1) is 5.92 Å². The van der Waals surface area contributed by atoms with Gasteiger partial charge in [-0.2, -0.15) is 0 Å². The monoisotopic (exact) mass is 278 g/mol. The third-order valence-electron chi connectivity index (χ3n) is 4.13. The summed E-state index contributed by atoms with van der Waals surface area (Å²) in [5, 5.41) is 21.6. The van der Waals surface area contributed by atoms with E-state index in [1.165, 1.54) is 14.2 Å². The summed E-state index contributed by atoms with van der Waals surface area (Å²) in [5.74, 6) is -4.35. The molecular formula is C16H22O4. The number of methoxy groups -OCH3 is 2.